The highest BCUT2D eigenvalue weighted by atomic mass is 16.4. The van der Waals surface area contributed by atoms with E-state index >= 15 is 0 Å². The van der Waals surface area contributed by atoms with Gasteiger partial charge in [-0.05, 0) is 26.7 Å². The van der Waals surface area contributed by atoms with Crippen molar-refractivity contribution in [3.05, 3.63) is 12.7 Å². The van der Waals surface area contributed by atoms with Crippen LogP contribution < -0.4 is 0 Å². The van der Waals surface area contributed by atoms with Crippen LogP contribution in [0, 0.1) is 0 Å². The van der Waals surface area contributed by atoms with Gasteiger partial charge in [-0.3, -0.25) is 4.79 Å². The third-order valence-corrected chi connectivity index (χ3v) is 4.46. The largest absolute Gasteiger partial charge is 0.481 e. The molecule has 0 unspecified atom stereocenters. The van der Waals surface area contributed by atoms with Crippen LogP contribution in [0.25, 0.3) is 0 Å². The number of carboxylic acids is 1. The molecule has 0 aromatic heterocycles. The van der Waals surface area contributed by atoms with Crippen LogP contribution in [-0.4, -0.2) is 52.1 Å². The highest BCUT2D eigenvalue weighted by molar-refractivity contribution is 5.77. The van der Waals surface area contributed by atoms with E-state index in [1.54, 1.807) is 22.9 Å². The zero-order valence-electron chi connectivity index (χ0n) is 13.5. The number of aliphatic carboxylic acids is 1. The molecular formula is C16H28N2O3. The number of carbonyl (C=O) groups excluding carboxylic acids is 1. The Morgan fingerprint density at radius 3 is 2.29 bits per heavy atom. The van der Waals surface area contributed by atoms with E-state index in [0.717, 1.165) is 32.1 Å². The van der Waals surface area contributed by atoms with Crippen molar-refractivity contribution < 1.29 is 14.7 Å². The summed E-state index contributed by atoms with van der Waals surface area (Å²) in [6.45, 7) is 8.09. The van der Waals surface area contributed by atoms with Gasteiger partial charge in [-0.15, -0.1) is 6.58 Å². The van der Waals surface area contributed by atoms with Crippen LogP contribution in [0.2, 0.25) is 0 Å². The molecule has 1 fully saturated rings. The smallest absolute Gasteiger partial charge is 0.320 e. The molecule has 120 valence electrons. The molecule has 1 N–H and O–H groups in total. The van der Waals surface area contributed by atoms with E-state index in [0.29, 0.717) is 6.54 Å². The first-order chi connectivity index (χ1) is 9.84. The molecule has 1 rings (SSSR count). The zero-order chi connectivity index (χ0) is 16.0. The quantitative estimate of drug-likeness (QED) is 0.766. The summed E-state index contributed by atoms with van der Waals surface area (Å²) in [7, 11) is 1.75. The molecule has 21 heavy (non-hydrogen) atoms. The monoisotopic (exact) mass is 296 g/mol. The van der Waals surface area contributed by atoms with E-state index < -0.39 is 11.5 Å². The number of hydrogen-bond donors (Lipinski definition) is 1. The van der Waals surface area contributed by atoms with Gasteiger partial charge in [0.2, 0.25) is 0 Å². The van der Waals surface area contributed by atoms with Gasteiger partial charge in [0.25, 0.3) is 0 Å². The number of carbonyl (C=O) groups is 2. The van der Waals surface area contributed by atoms with Gasteiger partial charge in [-0.25, -0.2) is 4.79 Å². The Balaban J connectivity index is 2.97. The lowest BCUT2D eigenvalue weighted by molar-refractivity contribution is -0.140. The first-order valence-electron chi connectivity index (χ1n) is 7.71. The number of carboxylic acid groups (broad SMARTS) is 1. The predicted octanol–water partition coefficient (Wildman–Crippen LogP) is 3.11. The normalized spacial score (nSPS) is 17.3. The van der Waals surface area contributed by atoms with E-state index in [1.807, 2.05) is 13.8 Å². The average molecular weight is 296 g/mol. The van der Waals surface area contributed by atoms with E-state index in [2.05, 4.69) is 6.58 Å². The van der Waals surface area contributed by atoms with Crippen molar-refractivity contribution in [2.75, 3.05) is 13.6 Å². The van der Waals surface area contributed by atoms with Crippen molar-refractivity contribution in [2.24, 2.45) is 0 Å². The van der Waals surface area contributed by atoms with Gasteiger partial charge < -0.3 is 14.9 Å². The van der Waals surface area contributed by atoms with Gasteiger partial charge >= 0.3 is 12.0 Å². The van der Waals surface area contributed by atoms with Crippen molar-refractivity contribution in [3.63, 3.8) is 0 Å². The van der Waals surface area contributed by atoms with Crippen LogP contribution in [0.3, 0.4) is 0 Å². The van der Waals surface area contributed by atoms with E-state index in [1.165, 1.54) is 0 Å². The van der Waals surface area contributed by atoms with E-state index in [-0.39, 0.29) is 18.5 Å². The summed E-state index contributed by atoms with van der Waals surface area (Å²) in [5, 5.41) is 9.25. The number of amides is 2. The van der Waals surface area contributed by atoms with Crippen molar-refractivity contribution in [3.8, 4) is 0 Å². The highest BCUT2D eigenvalue weighted by Gasteiger charge is 2.41. The minimum absolute atomic E-state index is 0.0231. The molecular weight excluding hydrogens is 268 g/mol. The van der Waals surface area contributed by atoms with Crippen LogP contribution in [0.15, 0.2) is 12.7 Å². The molecule has 0 aliphatic heterocycles. The first-order valence-corrected chi connectivity index (χ1v) is 7.71. The molecule has 0 bridgehead atoms. The third-order valence-electron chi connectivity index (χ3n) is 4.46. The Morgan fingerprint density at radius 2 is 1.86 bits per heavy atom. The number of hydrogen-bond acceptors (Lipinski definition) is 2. The summed E-state index contributed by atoms with van der Waals surface area (Å²) in [6.07, 6.45) is 6.33. The van der Waals surface area contributed by atoms with Gasteiger partial charge in [0.05, 0.1) is 12.0 Å². The van der Waals surface area contributed by atoms with Gasteiger partial charge in [-0.1, -0.05) is 25.3 Å². The van der Waals surface area contributed by atoms with Crippen molar-refractivity contribution in [1.82, 2.24) is 9.80 Å². The third kappa shape index (κ3) is 4.22. The van der Waals surface area contributed by atoms with Crippen molar-refractivity contribution >= 4 is 12.0 Å². The van der Waals surface area contributed by atoms with Gasteiger partial charge in [0.1, 0.15) is 0 Å². The first kappa shape index (κ1) is 17.5. The van der Waals surface area contributed by atoms with Crippen LogP contribution in [-0.2, 0) is 4.79 Å². The Hall–Kier alpha value is -1.52. The molecule has 2 amide bonds. The molecule has 1 aliphatic carbocycles. The molecule has 1 aliphatic rings. The number of urea groups is 1. The van der Waals surface area contributed by atoms with Gasteiger partial charge in [0, 0.05) is 19.6 Å². The Labute approximate surface area is 127 Å². The minimum atomic E-state index is -0.837. The molecule has 0 spiro atoms. The van der Waals surface area contributed by atoms with Crippen LogP contribution in [0.1, 0.15) is 52.4 Å². The van der Waals surface area contributed by atoms with Crippen molar-refractivity contribution in [1.29, 1.82) is 0 Å². The van der Waals surface area contributed by atoms with Gasteiger partial charge in [-0.2, -0.15) is 0 Å². The standard InChI is InChI=1S/C16H28N2O3/c1-5-11-18(13(2)3)15(21)17(4)16(12-14(19)20)9-7-6-8-10-16/h5,13H,1,6-12H2,2-4H3,(H,19,20). The maximum absolute atomic E-state index is 12.8. The summed E-state index contributed by atoms with van der Waals surface area (Å²) in [5.74, 6) is -0.837. The Bertz CT molecular complexity index is 387. The molecule has 0 aromatic rings. The van der Waals surface area contributed by atoms with Crippen LogP contribution in [0.5, 0.6) is 0 Å². The van der Waals surface area contributed by atoms with Crippen molar-refractivity contribution in [2.45, 2.75) is 64.0 Å². The lowest BCUT2D eigenvalue weighted by Gasteiger charge is -2.46. The lowest BCUT2D eigenvalue weighted by atomic mass is 9.78. The minimum Gasteiger partial charge on any atom is -0.481 e. The fourth-order valence-electron chi connectivity index (χ4n) is 3.17. The molecule has 5 heteroatoms. The maximum Gasteiger partial charge on any atom is 0.320 e. The number of nitrogens with zero attached hydrogens (tertiary/aromatic N) is 2. The lowest BCUT2D eigenvalue weighted by Crippen LogP contribution is -2.57. The van der Waals surface area contributed by atoms with Crippen LogP contribution in [0.4, 0.5) is 4.79 Å². The van der Waals surface area contributed by atoms with E-state index in [4.69, 9.17) is 0 Å². The Kier molecular flexibility index (Phi) is 6.24. The topological polar surface area (TPSA) is 60.9 Å². The summed E-state index contributed by atoms with van der Waals surface area (Å²) >= 11 is 0. The second kappa shape index (κ2) is 7.48. The predicted molar refractivity (Wildman–Crippen MR) is 83.3 cm³/mol. The second-order valence-corrected chi connectivity index (χ2v) is 6.23. The summed E-state index contributed by atoms with van der Waals surface area (Å²) in [6, 6.07) is -0.0449. The van der Waals surface area contributed by atoms with Gasteiger partial charge in [0.15, 0.2) is 0 Å². The fourth-order valence-corrected chi connectivity index (χ4v) is 3.17. The number of rotatable bonds is 6. The molecule has 0 saturated heterocycles. The molecule has 0 aromatic carbocycles. The Morgan fingerprint density at radius 1 is 1.29 bits per heavy atom. The zero-order valence-corrected chi connectivity index (χ0v) is 13.5. The van der Waals surface area contributed by atoms with Crippen LogP contribution >= 0.6 is 0 Å². The maximum atomic E-state index is 12.8. The summed E-state index contributed by atoms with van der Waals surface area (Å²) in [5.41, 5.74) is -0.546. The molecule has 5 nitrogen and oxygen atoms in total. The van der Waals surface area contributed by atoms with E-state index in [9.17, 15) is 14.7 Å². The molecule has 0 radical (unpaired) electrons. The fraction of sp³-hybridized carbons (Fsp3) is 0.750. The molecule has 0 atom stereocenters. The summed E-state index contributed by atoms with van der Waals surface area (Å²) in [4.78, 5) is 27.4. The average Bonchev–Trinajstić information content (AvgIpc) is 2.43. The second-order valence-electron chi connectivity index (χ2n) is 6.23. The molecule has 1 saturated carbocycles. The SMILES string of the molecule is C=CCN(C(=O)N(C)C1(CC(=O)O)CCCCC1)C(C)C. The summed E-state index contributed by atoms with van der Waals surface area (Å²) < 4.78 is 0. The molecule has 0 heterocycles. The highest BCUT2D eigenvalue weighted by Crippen LogP contribution is 2.36.